The molecule has 4 nitrogen and oxygen atoms in total. The van der Waals surface area contributed by atoms with Gasteiger partial charge in [-0.25, -0.2) is 9.97 Å². The molecule has 0 bridgehead atoms. The highest BCUT2D eigenvalue weighted by Gasteiger charge is 2.07. The second-order valence-electron chi connectivity index (χ2n) is 2.86. The summed E-state index contributed by atoms with van der Waals surface area (Å²) in [6.45, 7) is 0. The molecular weight excluding hydrogens is 270 g/mol. The first-order valence-corrected chi connectivity index (χ1v) is 5.24. The molecule has 0 atom stereocenters. The number of rotatable bonds is 2. The highest BCUT2D eigenvalue weighted by Crippen LogP contribution is 2.27. The molecule has 0 aliphatic heterocycles. The summed E-state index contributed by atoms with van der Waals surface area (Å²) in [5.41, 5.74) is 0.387. The molecular formula is C11H6BrN3O. The second-order valence-corrected chi connectivity index (χ2v) is 3.61. The molecule has 2 aromatic heterocycles. The van der Waals surface area contributed by atoms with Gasteiger partial charge in [0, 0.05) is 12.4 Å². The smallest absolute Gasteiger partial charge is 0.237 e. The highest BCUT2D eigenvalue weighted by molar-refractivity contribution is 9.10. The number of nitriles is 1. The molecule has 78 valence electrons. The number of pyridine rings is 2. The fourth-order valence-electron chi connectivity index (χ4n) is 1.11. The van der Waals surface area contributed by atoms with Crippen molar-refractivity contribution in [3.63, 3.8) is 0 Å². The SMILES string of the molecule is N#Cc1cccnc1Oc1cccnc1Br. The molecule has 0 unspecified atom stereocenters. The minimum absolute atomic E-state index is 0.277. The third kappa shape index (κ3) is 2.18. The maximum Gasteiger partial charge on any atom is 0.237 e. The van der Waals surface area contributed by atoms with Crippen LogP contribution < -0.4 is 4.74 Å². The Morgan fingerprint density at radius 1 is 1.19 bits per heavy atom. The van der Waals surface area contributed by atoms with Crippen LogP contribution in [-0.2, 0) is 0 Å². The molecule has 0 aromatic carbocycles. The van der Waals surface area contributed by atoms with Crippen LogP contribution in [0.3, 0.4) is 0 Å². The van der Waals surface area contributed by atoms with Gasteiger partial charge in [-0.1, -0.05) is 0 Å². The van der Waals surface area contributed by atoms with Gasteiger partial charge in [-0.2, -0.15) is 5.26 Å². The fraction of sp³-hybridized carbons (Fsp3) is 0. The van der Waals surface area contributed by atoms with E-state index in [1.54, 1.807) is 36.7 Å². The average molecular weight is 276 g/mol. The van der Waals surface area contributed by atoms with E-state index in [-0.39, 0.29) is 5.88 Å². The number of hydrogen-bond acceptors (Lipinski definition) is 4. The van der Waals surface area contributed by atoms with Crippen LogP contribution in [0.25, 0.3) is 0 Å². The number of halogens is 1. The predicted octanol–water partition coefficient (Wildman–Crippen LogP) is 2.90. The zero-order chi connectivity index (χ0) is 11.4. The second kappa shape index (κ2) is 4.73. The van der Waals surface area contributed by atoms with E-state index in [1.807, 2.05) is 6.07 Å². The van der Waals surface area contributed by atoms with Crippen molar-refractivity contribution >= 4 is 15.9 Å². The summed E-state index contributed by atoms with van der Waals surface area (Å²) in [4.78, 5) is 8.00. The predicted molar refractivity (Wildman–Crippen MR) is 61.0 cm³/mol. The van der Waals surface area contributed by atoms with E-state index in [4.69, 9.17) is 10.00 Å². The molecule has 0 spiro atoms. The molecule has 2 heterocycles. The summed E-state index contributed by atoms with van der Waals surface area (Å²) in [6.07, 6.45) is 3.21. The molecule has 0 fully saturated rings. The minimum atomic E-state index is 0.277. The molecule has 0 saturated carbocycles. The molecule has 0 aliphatic carbocycles. The molecule has 2 aromatic rings. The first-order valence-electron chi connectivity index (χ1n) is 4.45. The largest absolute Gasteiger partial charge is 0.435 e. The third-order valence-corrected chi connectivity index (χ3v) is 2.42. The van der Waals surface area contributed by atoms with Crippen LogP contribution in [-0.4, -0.2) is 9.97 Å². The molecule has 5 heteroatoms. The maximum absolute atomic E-state index is 8.87. The Bertz CT molecular complexity index is 551. The Balaban J connectivity index is 2.35. The van der Waals surface area contributed by atoms with Crippen molar-refractivity contribution in [2.45, 2.75) is 0 Å². The summed E-state index contributed by atoms with van der Waals surface area (Å²) >= 11 is 3.25. The topological polar surface area (TPSA) is 58.8 Å². The van der Waals surface area contributed by atoms with Gasteiger partial charge in [-0.3, -0.25) is 0 Å². The van der Waals surface area contributed by atoms with Gasteiger partial charge in [0.25, 0.3) is 0 Å². The van der Waals surface area contributed by atoms with Crippen molar-refractivity contribution in [1.82, 2.24) is 9.97 Å². The first kappa shape index (κ1) is 10.6. The lowest BCUT2D eigenvalue weighted by Crippen LogP contribution is -1.92. The summed E-state index contributed by atoms with van der Waals surface area (Å²) in [7, 11) is 0. The van der Waals surface area contributed by atoms with Crippen molar-refractivity contribution in [2.75, 3.05) is 0 Å². The normalized spacial score (nSPS) is 9.50. The Hall–Kier alpha value is -1.93. The highest BCUT2D eigenvalue weighted by atomic mass is 79.9. The molecule has 16 heavy (non-hydrogen) atoms. The number of nitrogens with zero attached hydrogens (tertiary/aromatic N) is 3. The zero-order valence-corrected chi connectivity index (χ0v) is 9.68. The van der Waals surface area contributed by atoms with E-state index in [0.29, 0.717) is 15.9 Å². The van der Waals surface area contributed by atoms with Crippen LogP contribution in [0.5, 0.6) is 11.6 Å². The van der Waals surface area contributed by atoms with Gasteiger partial charge in [-0.05, 0) is 40.2 Å². The van der Waals surface area contributed by atoms with Gasteiger partial charge < -0.3 is 4.74 Å². The van der Waals surface area contributed by atoms with Crippen molar-refractivity contribution in [3.8, 4) is 17.7 Å². The molecule has 0 saturated heterocycles. The lowest BCUT2D eigenvalue weighted by atomic mass is 10.3. The van der Waals surface area contributed by atoms with Crippen molar-refractivity contribution in [2.24, 2.45) is 0 Å². The van der Waals surface area contributed by atoms with Crippen molar-refractivity contribution in [1.29, 1.82) is 5.26 Å². The summed E-state index contributed by atoms with van der Waals surface area (Å²) in [5.74, 6) is 0.802. The van der Waals surface area contributed by atoms with Gasteiger partial charge in [0.2, 0.25) is 5.88 Å². The number of ether oxygens (including phenoxy) is 1. The van der Waals surface area contributed by atoms with Crippen LogP contribution in [0.2, 0.25) is 0 Å². The lowest BCUT2D eigenvalue weighted by molar-refractivity contribution is 0.456. The van der Waals surface area contributed by atoms with E-state index < -0.39 is 0 Å². The van der Waals surface area contributed by atoms with E-state index in [1.165, 1.54) is 0 Å². The Labute approximate surface area is 101 Å². The molecule has 0 amide bonds. The van der Waals surface area contributed by atoms with Crippen LogP contribution in [0.1, 0.15) is 5.56 Å². The van der Waals surface area contributed by atoms with Crippen LogP contribution in [0.4, 0.5) is 0 Å². The Morgan fingerprint density at radius 2 is 1.94 bits per heavy atom. The van der Waals surface area contributed by atoms with Gasteiger partial charge in [0.1, 0.15) is 16.2 Å². The number of aromatic nitrogens is 2. The Morgan fingerprint density at radius 3 is 2.69 bits per heavy atom. The molecule has 0 aliphatic rings. The van der Waals surface area contributed by atoms with E-state index in [2.05, 4.69) is 25.9 Å². The fourth-order valence-corrected chi connectivity index (χ4v) is 1.44. The van der Waals surface area contributed by atoms with Gasteiger partial charge >= 0.3 is 0 Å². The quantitative estimate of drug-likeness (QED) is 0.791. The van der Waals surface area contributed by atoms with E-state index in [9.17, 15) is 0 Å². The average Bonchev–Trinajstić information content (AvgIpc) is 2.33. The van der Waals surface area contributed by atoms with Gasteiger partial charge in [0.15, 0.2) is 5.75 Å². The van der Waals surface area contributed by atoms with Crippen LogP contribution in [0.15, 0.2) is 41.3 Å². The van der Waals surface area contributed by atoms with Crippen LogP contribution in [0, 0.1) is 11.3 Å². The minimum Gasteiger partial charge on any atom is -0.435 e. The zero-order valence-electron chi connectivity index (χ0n) is 8.09. The van der Waals surface area contributed by atoms with Gasteiger partial charge in [-0.15, -0.1) is 0 Å². The maximum atomic E-state index is 8.87. The molecule has 2 rings (SSSR count). The van der Waals surface area contributed by atoms with Crippen LogP contribution >= 0.6 is 15.9 Å². The molecule has 0 N–H and O–H groups in total. The van der Waals surface area contributed by atoms with Crippen molar-refractivity contribution in [3.05, 3.63) is 46.8 Å². The van der Waals surface area contributed by atoms with Crippen molar-refractivity contribution < 1.29 is 4.74 Å². The first-order chi connectivity index (χ1) is 7.81. The monoisotopic (exact) mass is 275 g/mol. The lowest BCUT2D eigenvalue weighted by Gasteiger charge is -2.06. The summed E-state index contributed by atoms with van der Waals surface area (Å²) in [5, 5.41) is 8.87. The standard InChI is InChI=1S/C11H6BrN3O/c12-10-9(4-2-5-14-10)16-11-8(7-13)3-1-6-15-11/h1-6H. The summed E-state index contributed by atoms with van der Waals surface area (Å²) in [6, 6.07) is 8.83. The van der Waals surface area contributed by atoms with E-state index in [0.717, 1.165) is 0 Å². The van der Waals surface area contributed by atoms with E-state index >= 15 is 0 Å². The third-order valence-electron chi connectivity index (χ3n) is 1.82. The summed E-state index contributed by atoms with van der Waals surface area (Å²) < 4.78 is 6.06. The molecule has 0 radical (unpaired) electrons. The van der Waals surface area contributed by atoms with Gasteiger partial charge in [0.05, 0.1) is 0 Å². The number of hydrogen-bond donors (Lipinski definition) is 0. The Kier molecular flexibility index (Phi) is 3.13.